The first kappa shape index (κ1) is 65.3. The summed E-state index contributed by atoms with van der Waals surface area (Å²) in [5.41, 5.74) is 9.05. The van der Waals surface area contributed by atoms with Gasteiger partial charge in [-0.25, -0.2) is 14.3 Å². The zero-order valence-corrected chi connectivity index (χ0v) is 53.1. The number of carbonyl (C=O) groups is 4. The zero-order valence-electron chi connectivity index (χ0n) is 53.1. The molecule has 2 aliphatic rings. The Morgan fingerprint density at radius 3 is 1.45 bits per heavy atom. The van der Waals surface area contributed by atoms with Crippen LogP contribution in [-0.4, -0.2) is 122 Å². The van der Waals surface area contributed by atoms with E-state index in [0.717, 1.165) is 44.5 Å². The Hall–Kier alpha value is -10.8. The first-order chi connectivity index (χ1) is 47.2. The van der Waals surface area contributed by atoms with E-state index in [1.54, 1.807) is 4.68 Å². The van der Waals surface area contributed by atoms with Crippen LogP contribution in [0.3, 0.4) is 0 Å². The van der Waals surface area contributed by atoms with Gasteiger partial charge in [-0.1, -0.05) is 212 Å². The van der Waals surface area contributed by atoms with Gasteiger partial charge in [0.1, 0.15) is 18.7 Å². The highest BCUT2D eigenvalue weighted by molar-refractivity contribution is 5.99. The van der Waals surface area contributed by atoms with Crippen molar-refractivity contribution in [3.63, 3.8) is 0 Å². The molecule has 10 aromatic rings. The molecule has 0 spiro atoms. The number of tetrazole rings is 2. The van der Waals surface area contributed by atoms with Crippen molar-refractivity contribution < 1.29 is 38.1 Å². The van der Waals surface area contributed by atoms with E-state index in [0.29, 0.717) is 87.1 Å². The minimum atomic E-state index is -1.12. The summed E-state index contributed by atoms with van der Waals surface area (Å²) in [6.45, 7) is 2.46. The van der Waals surface area contributed by atoms with E-state index in [4.69, 9.17) is 24.0 Å². The molecule has 22 heteroatoms. The summed E-state index contributed by atoms with van der Waals surface area (Å²) in [4.78, 5) is 57.9. The number of benzene rings is 8. The Balaban J connectivity index is 0.653. The number of aryl methyl sites for hydroxylation is 2. The number of nitrogens with zero attached hydrogens (tertiary/aromatic N) is 8. The van der Waals surface area contributed by atoms with Gasteiger partial charge in [0, 0.05) is 36.3 Å². The molecule has 2 aliphatic heterocycles. The van der Waals surface area contributed by atoms with Crippen LogP contribution < -0.4 is 31.9 Å². The number of ether oxygens (including phenoxy) is 4. The van der Waals surface area contributed by atoms with Crippen LogP contribution in [0.15, 0.2) is 224 Å². The van der Waals surface area contributed by atoms with Gasteiger partial charge >= 0.3 is 12.2 Å². The average Bonchev–Trinajstić information content (AvgIpc) is 1.11. The Kier molecular flexibility index (Phi) is 22.0. The number of hydrogen-bond donors (Lipinski definition) is 6. The van der Waals surface area contributed by atoms with E-state index >= 15 is 4.79 Å². The molecule has 490 valence electrons. The summed E-state index contributed by atoms with van der Waals surface area (Å²) >= 11 is 0. The molecule has 0 aliphatic carbocycles. The summed E-state index contributed by atoms with van der Waals surface area (Å²) in [7, 11) is 1.28. The predicted octanol–water partition coefficient (Wildman–Crippen LogP) is 9.64. The first-order valence-electron chi connectivity index (χ1n) is 32.3. The number of anilines is 2. The Labute approximate surface area is 556 Å². The van der Waals surface area contributed by atoms with E-state index in [2.05, 4.69) is 57.7 Å². The van der Waals surface area contributed by atoms with Gasteiger partial charge < -0.3 is 50.8 Å². The van der Waals surface area contributed by atoms with E-state index in [-0.39, 0.29) is 37.4 Å². The van der Waals surface area contributed by atoms with Crippen molar-refractivity contribution in [3.05, 3.63) is 286 Å². The van der Waals surface area contributed by atoms with Crippen LogP contribution in [0.5, 0.6) is 0 Å². The van der Waals surface area contributed by atoms with E-state index in [1.807, 2.05) is 224 Å². The number of morpholine rings is 2. The lowest BCUT2D eigenvalue weighted by atomic mass is 9.84. The van der Waals surface area contributed by atoms with E-state index < -0.39 is 47.9 Å². The third kappa shape index (κ3) is 16.9. The summed E-state index contributed by atoms with van der Waals surface area (Å²) in [6, 6.07) is 68.8. The lowest BCUT2D eigenvalue weighted by Crippen LogP contribution is -2.48. The van der Waals surface area contributed by atoms with Gasteiger partial charge in [-0.2, -0.15) is 4.80 Å². The van der Waals surface area contributed by atoms with Crippen LogP contribution >= 0.6 is 0 Å². The van der Waals surface area contributed by atoms with E-state index in [9.17, 15) is 14.4 Å². The molecule has 6 atom stereocenters. The molecule has 6 unspecified atom stereocenters. The van der Waals surface area contributed by atoms with Gasteiger partial charge in [-0.05, 0) is 104 Å². The highest BCUT2D eigenvalue weighted by Gasteiger charge is 2.36. The van der Waals surface area contributed by atoms with Crippen molar-refractivity contribution in [2.75, 3.05) is 44.0 Å². The fourth-order valence-electron chi connectivity index (χ4n) is 12.4. The standard InChI is InChI=1S/C74H76N14O8/c1-93-73(91)79-67(65(53-27-9-3-10-28-53)54-29-11-4-12-30-54)71(89)77-61-37-21-19-25-51(61)39-41-59-43-75-63(48-94-59)69-81-85-88(83-69)46-57-35-17-18-36-58(57)47-96-74(92)80-68(66(55-31-13-5-14-32-55)56-33-15-6-16-34-56)72(90)78-62-38-22-20-26-52(62)40-42-60-44-76-64(49-95-60)70-82-84-86-87(70)45-50-23-7-2-8-24-50/h2-38,59-60,63-68,75-76H,39-49H2,1H3,(H,77,89)(H,78,90)(H,79,91)(H,80,92). The lowest BCUT2D eigenvalue weighted by molar-refractivity contribution is -0.119. The molecule has 4 amide bonds. The van der Waals surface area contributed by atoms with Gasteiger partial charge in [0.05, 0.1) is 57.7 Å². The molecule has 0 bridgehead atoms. The van der Waals surface area contributed by atoms with Crippen molar-refractivity contribution in [2.45, 2.75) is 93.6 Å². The Morgan fingerprint density at radius 2 is 0.958 bits per heavy atom. The number of amides is 4. The van der Waals surface area contributed by atoms with Crippen LogP contribution in [0, 0.1) is 0 Å². The third-order valence-electron chi connectivity index (χ3n) is 17.4. The molecule has 0 radical (unpaired) electrons. The monoisotopic (exact) mass is 1290 g/mol. The second-order valence-electron chi connectivity index (χ2n) is 23.7. The maximum Gasteiger partial charge on any atom is 0.408 e. The summed E-state index contributed by atoms with van der Waals surface area (Å²) in [5.74, 6) is -0.756. The van der Waals surface area contributed by atoms with Crippen molar-refractivity contribution in [3.8, 4) is 0 Å². The highest BCUT2D eigenvalue weighted by atomic mass is 16.5. The molecular weight excluding hydrogens is 1210 g/mol. The largest absolute Gasteiger partial charge is 0.453 e. The molecule has 4 heterocycles. The molecule has 22 nitrogen and oxygen atoms in total. The predicted molar refractivity (Wildman–Crippen MR) is 360 cm³/mol. The normalized spacial score (nSPS) is 16.8. The summed E-state index contributed by atoms with van der Waals surface area (Å²) in [5, 5.41) is 45.3. The molecule has 2 fully saturated rings. The van der Waals surface area contributed by atoms with Crippen molar-refractivity contribution in [1.82, 2.24) is 61.7 Å². The Morgan fingerprint density at radius 1 is 0.510 bits per heavy atom. The minimum absolute atomic E-state index is 0.103. The fraction of sp³-hybridized carbons (Fsp3) is 0.270. The van der Waals surface area contributed by atoms with Gasteiger partial charge in [-0.3, -0.25) is 9.59 Å². The topological polar surface area (TPSA) is 265 Å². The third-order valence-corrected chi connectivity index (χ3v) is 17.4. The number of rotatable bonds is 26. The Bertz CT molecular complexity index is 4060. The highest BCUT2D eigenvalue weighted by Crippen LogP contribution is 2.33. The summed E-state index contributed by atoms with van der Waals surface area (Å²) < 4.78 is 25.6. The van der Waals surface area contributed by atoms with Crippen LogP contribution in [0.2, 0.25) is 0 Å². The number of carbonyl (C=O) groups excluding carboxylic acids is 4. The summed E-state index contributed by atoms with van der Waals surface area (Å²) in [6.07, 6.45) is 0.769. The smallest absolute Gasteiger partial charge is 0.408 e. The SMILES string of the molecule is COC(=O)NC(C(=O)Nc1ccccc1CCC1CNC(c2nnn(Cc3ccccc3COC(=O)NC(C(=O)Nc3ccccc3CCC3CNC(c4nnnn4Cc4ccccc4)CO3)C(c3ccccc3)c3ccccc3)n2)CO1)C(c1ccccc1)c1ccccc1. The second kappa shape index (κ2) is 32.4. The van der Waals surface area contributed by atoms with Crippen molar-refractivity contribution in [2.24, 2.45) is 0 Å². The van der Waals surface area contributed by atoms with Gasteiger partial charge in [0.25, 0.3) is 0 Å². The van der Waals surface area contributed by atoms with Crippen LogP contribution in [0.1, 0.15) is 98.5 Å². The fourth-order valence-corrected chi connectivity index (χ4v) is 12.4. The lowest BCUT2D eigenvalue weighted by Gasteiger charge is -2.30. The number of methoxy groups -OCH3 is 1. The zero-order chi connectivity index (χ0) is 65.8. The molecule has 2 saturated heterocycles. The molecule has 2 aromatic heterocycles. The quantitative estimate of drug-likeness (QED) is 0.0295. The van der Waals surface area contributed by atoms with Crippen LogP contribution in [0.4, 0.5) is 21.0 Å². The number of aromatic nitrogens is 8. The van der Waals surface area contributed by atoms with Gasteiger partial charge in [-0.15, -0.1) is 15.3 Å². The minimum Gasteiger partial charge on any atom is -0.453 e. The average molecular weight is 1290 g/mol. The number of alkyl carbamates (subject to hydrolysis) is 2. The number of para-hydroxylation sites is 2. The van der Waals surface area contributed by atoms with E-state index in [1.165, 1.54) is 11.9 Å². The first-order valence-corrected chi connectivity index (χ1v) is 32.3. The molecule has 96 heavy (non-hydrogen) atoms. The number of hydrogen-bond acceptors (Lipinski definition) is 16. The van der Waals surface area contributed by atoms with Crippen molar-refractivity contribution in [1.29, 1.82) is 0 Å². The molecule has 12 rings (SSSR count). The maximum absolute atomic E-state index is 15.0. The van der Waals surface area contributed by atoms with Crippen LogP contribution in [-0.2, 0) is 61.1 Å². The molecule has 0 saturated carbocycles. The maximum atomic E-state index is 15.0. The molecule has 6 N–H and O–H groups in total. The molecular formula is C74H76N14O8. The van der Waals surface area contributed by atoms with Crippen LogP contribution in [0.25, 0.3) is 0 Å². The number of nitrogens with one attached hydrogen (secondary N) is 6. The van der Waals surface area contributed by atoms with Crippen molar-refractivity contribution >= 4 is 35.4 Å². The second-order valence-corrected chi connectivity index (χ2v) is 23.7. The van der Waals surface area contributed by atoms with Gasteiger partial charge in [0.15, 0.2) is 11.6 Å². The van der Waals surface area contributed by atoms with Gasteiger partial charge in [0.2, 0.25) is 11.8 Å². The molecule has 8 aromatic carbocycles.